The molecule has 0 spiro atoms. The van der Waals surface area contributed by atoms with Gasteiger partial charge in [-0.3, -0.25) is 9.59 Å². The zero-order valence-corrected chi connectivity index (χ0v) is 20.5. The van der Waals surface area contributed by atoms with Crippen LogP contribution in [0, 0.1) is 0 Å². The van der Waals surface area contributed by atoms with Crippen LogP contribution in [0.5, 0.6) is 0 Å². The maximum Gasteiger partial charge on any atom is 0.271 e. The molecule has 1 fully saturated rings. The molecule has 0 saturated heterocycles. The van der Waals surface area contributed by atoms with E-state index in [4.69, 9.17) is 11.6 Å². The first-order chi connectivity index (χ1) is 16.5. The maximum atomic E-state index is 13.9. The molecule has 1 aromatic heterocycles. The summed E-state index contributed by atoms with van der Waals surface area (Å²) in [6.45, 7) is 2.69. The van der Waals surface area contributed by atoms with Gasteiger partial charge in [-0.2, -0.15) is 0 Å². The summed E-state index contributed by atoms with van der Waals surface area (Å²) in [6, 6.07) is 17.6. The molecular weight excluding hydrogens is 446 g/mol. The standard InChI is InChI=1S/C28H32ClN3O2/c1-28(27(34)30-23-10-5-3-2-4-6-11-23)19-31-24-12-8-7-9-21(24)17-25(31)26(33)32(28)18-20-13-15-22(29)16-14-20/h7-9,12-17,23H,2-6,10-11,18-19H2,1H3,(H,30,34)/t28-/m0/s1. The highest BCUT2D eigenvalue weighted by Crippen LogP contribution is 2.34. The summed E-state index contributed by atoms with van der Waals surface area (Å²) in [5, 5.41) is 5.01. The predicted octanol–water partition coefficient (Wildman–Crippen LogP) is 5.94. The Balaban J connectivity index is 1.51. The zero-order valence-electron chi connectivity index (χ0n) is 19.7. The molecule has 0 bridgehead atoms. The van der Waals surface area contributed by atoms with Gasteiger partial charge in [0.1, 0.15) is 11.2 Å². The van der Waals surface area contributed by atoms with Crippen molar-refractivity contribution in [3.05, 3.63) is 70.9 Å². The Bertz CT molecular complexity index is 1190. The van der Waals surface area contributed by atoms with E-state index in [2.05, 4.69) is 5.32 Å². The molecule has 178 valence electrons. The van der Waals surface area contributed by atoms with Crippen LogP contribution in [0.15, 0.2) is 54.6 Å². The van der Waals surface area contributed by atoms with Crippen molar-refractivity contribution >= 4 is 34.3 Å². The fourth-order valence-corrected chi connectivity index (χ4v) is 5.59. The monoisotopic (exact) mass is 477 g/mol. The number of hydrogen-bond donors (Lipinski definition) is 1. The first-order valence-corrected chi connectivity index (χ1v) is 12.8. The Kier molecular flexibility index (Phi) is 6.39. The van der Waals surface area contributed by atoms with E-state index in [9.17, 15) is 9.59 Å². The number of rotatable bonds is 4. The minimum Gasteiger partial charge on any atom is -0.351 e. The Morgan fingerprint density at radius 2 is 1.71 bits per heavy atom. The van der Waals surface area contributed by atoms with Gasteiger partial charge < -0.3 is 14.8 Å². The van der Waals surface area contributed by atoms with E-state index in [1.165, 1.54) is 19.3 Å². The molecule has 1 aliphatic carbocycles. The Labute approximate surface area is 206 Å². The molecule has 2 aliphatic rings. The molecule has 34 heavy (non-hydrogen) atoms. The largest absolute Gasteiger partial charge is 0.351 e. The van der Waals surface area contributed by atoms with Gasteiger partial charge in [-0.25, -0.2) is 0 Å². The van der Waals surface area contributed by atoms with E-state index in [1.54, 1.807) is 4.90 Å². The normalized spacial score (nSPS) is 21.7. The summed E-state index contributed by atoms with van der Waals surface area (Å²) in [6.07, 6.45) is 8.02. The molecule has 2 amide bonds. The fourth-order valence-electron chi connectivity index (χ4n) is 5.47. The van der Waals surface area contributed by atoms with Gasteiger partial charge >= 0.3 is 0 Å². The molecule has 1 saturated carbocycles. The summed E-state index contributed by atoms with van der Waals surface area (Å²) in [5.41, 5.74) is 1.56. The molecule has 1 atom stereocenters. The lowest BCUT2D eigenvalue weighted by Crippen LogP contribution is -2.64. The third-order valence-corrected chi connectivity index (χ3v) is 7.77. The first kappa shape index (κ1) is 23.0. The second-order valence-corrected chi connectivity index (χ2v) is 10.4. The summed E-state index contributed by atoms with van der Waals surface area (Å²) >= 11 is 6.09. The molecule has 1 aliphatic heterocycles. The average molecular weight is 478 g/mol. The van der Waals surface area contributed by atoms with Gasteiger partial charge in [0.25, 0.3) is 5.91 Å². The fraction of sp³-hybridized carbons (Fsp3) is 0.429. The molecular formula is C28H32ClN3O2. The highest BCUT2D eigenvalue weighted by molar-refractivity contribution is 6.30. The third-order valence-electron chi connectivity index (χ3n) is 7.52. The lowest BCUT2D eigenvalue weighted by atomic mass is 9.91. The number of nitrogens with one attached hydrogen (secondary N) is 1. The van der Waals surface area contributed by atoms with Crippen LogP contribution >= 0.6 is 11.6 Å². The lowest BCUT2D eigenvalue weighted by molar-refractivity contribution is -0.134. The number of amides is 2. The topological polar surface area (TPSA) is 54.3 Å². The summed E-state index contributed by atoms with van der Waals surface area (Å²) in [7, 11) is 0. The number of nitrogens with zero attached hydrogens (tertiary/aromatic N) is 2. The Hall–Kier alpha value is -2.79. The van der Waals surface area contributed by atoms with E-state index in [0.717, 1.165) is 42.1 Å². The van der Waals surface area contributed by atoms with Crippen molar-refractivity contribution in [1.82, 2.24) is 14.8 Å². The molecule has 0 unspecified atom stereocenters. The van der Waals surface area contributed by atoms with Crippen LogP contribution in [0.4, 0.5) is 0 Å². The summed E-state index contributed by atoms with van der Waals surface area (Å²) < 4.78 is 2.02. The van der Waals surface area contributed by atoms with Gasteiger partial charge in [-0.15, -0.1) is 0 Å². The predicted molar refractivity (Wildman–Crippen MR) is 136 cm³/mol. The number of aromatic nitrogens is 1. The van der Waals surface area contributed by atoms with E-state index < -0.39 is 5.54 Å². The van der Waals surface area contributed by atoms with Crippen LogP contribution in [0.1, 0.15) is 67.9 Å². The number of halogens is 1. The van der Waals surface area contributed by atoms with Crippen LogP contribution in [0.2, 0.25) is 5.02 Å². The zero-order chi connectivity index (χ0) is 23.7. The van der Waals surface area contributed by atoms with Crippen molar-refractivity contribution in [3.8, 4) is 0 Å². The number of carbonyl (C=O) groups excluding carboxylic acids is 2. The Morgan fingerprint density at radius 3 is 2.44 bits per heavy atom. The number of fused-ring (bicyclic) bond motifs is 3. The maximum absolute atomic E-state index is 13.9. The first-order valence-electron chi connectivity index (χ1n) is 12.4. The van der Waals surface area contributed by atoms with Crippen molar-refractivity contribution in [2.75, 3.05) is 0 Å². The lowest BCUT2D eigenvalue weighted by Gasteiger charge is -2.44. The van der Waals surface area contributed by atoms with Crippen LogP contribution in [-0.2, 0) is 17.9 Å². The highest BCUT2D eigenvalue weighted by Gasteiger charge is 2.48. The van der Waals surface area contributed by atoms with Crippen molar-refractivity contribution < 1.29 is 9.59 Å². The molecule has 3 aromatic rings. The van der Waals surface area contributed by atoms with Crippen molar-refractivity contribution in [2.24, 2.45) is 0 Å². The second kappa shape index (κ2) is 9.46. The number of carbonyl (C=O) groups is 2. The molecule has 5 rings (SSSR count). The number of para-hydroxylation sites is 1. The molecule has 0 radical (unpaired) electrons. The smallest absolute Gasteiger partial charge is 0.271 e. The summed E-state index contributed by atoms with van der Waals surface area (Å²) in [5.74, 6) is -0.184. The molecule has 6 heteroatoms. The summed E-state index contributed by atoms with van der Waals surface area (Å²) in [4.78, 5) is 29.5. The van der Waals surface area contributed by atoms with E-state index in [-0.39, 0.29) is 17.9 Å². The van der Waals surface area contributed by atoms with Gasteiger partial charge in [0.2, 0.25) is 5.91 Å². The average Bonchev–Trinajstić information content (AvgIpc) is 3.18. The van der Waals surface area contributed by atoms with Crippen LogP contribution in [0.25, 0.3) is 10.9 Å². The van der Waals surface area contributed by atoms with Gasteiger partial charge in [0.05, 0.1) is 6.54 Å². The minimum atomic E-state index is -1.01. The molecule has 1 N–H and O–H groups in total. The van der Waals surface area contributed by atoms with E-state index >= 15 is 0 Å². The molecule has 2 aromatic carbocycles. The van der Waals surface area contributed by atoms with Crippen LogP contribution in [-0.4, -0.2) is 32.9 Å². The van der Waals surface area contributed by atoms with Crippen molar-refractivity contribution in [2.45, 2.75) is 76.5 Å². The minimum absolute atomic E-state index is 0.0659. The Morgan fingerprint density at radius 1 is 1.03 bits per heavy atom. The van der Waals surface area contributed by atoms with Crippen LogP contribution < -0.4 is 5.32 Å². The van der Waals surface area contributed by atoms with Crippen molar-refractivity contribution in [3.63, 3.8) is 0 Å². The number of hydrogen-bond acceptors (Lipinski definition) is 2. The SMILES string of the molecule is C[C@@]1(C(=O)NC2CCCCCCC2)Cn2c(cc3ccccc32)C(=O)N1Cc1ccc(Cl)cc1. The molecule has 2 heterocycles. The van der Waals surface area contributed by atoms with Gasteiger partial charge in [0, 0.05) is 28.5 Å². The van der Waals surface area contributed by atoms with Crippen molar-refractivity contribution in [1.29, 1.82) is 0 Å². The number of benzene rings is 2. The molecule has 5 nitrogen and oxygen atoms in total. The quantitative estimate of drug-likeness (QED) is 0.505. The van der Waals surface area contributed by atoms with E-state index in [1.807, 2.05) is 66.1 Å². The second-order valence-electron chi connectivity index (χ2n) is 9.98. The highest BCUT2D eigenvalue weighted by atomic mass is 35.5. The third kappa shape index (κ3) is 4.34. The van der Waals surface area contributed by atoms with Gasteiger partial charge in [-0.05, 0) is 49.6 Å². The van der Waals surface area contributed by atoms with E-state index in [0.29, 0.717) is 23.8 Å². The van der Waals surface area contributed by atoms with Gasteiger partial charge in [-0.1, -0.05) is 74.0 Å². The van der Waals surface area contributed by atoms with Gasteiger partial charge in [0.15, 0.2) is 0 Å². The van der Waals surface area contributed by atoms with Crippen LogP contribution in [0.3, 0.4) is 0 Å².